The Bertz CT molecular complexity index is 555. The average molecular weight is 302 g/mol. The second-order valence-electron chi connectivity index (χ2n) is 5.81. The van der Waals surface area contributed by atoms with Crippen molar-refractivity contribution in [3.8, 4) is 0 Å². The molecule has 2 aromatic carbocycles. The Morgan fingerprint density at radius 3 is 1.10 bits per heavy atom. The molecular formula is C18H23PS. The minimum Gasteiger partial charge on any atom is -0.141 e. The molecule has 0 nitrogen and oxygen atoms in total. The lowest BCUT2D eigenvalue weighted by atomic mass is 10.1. The molecule has 0 N–H and O–H groups in total. The van der Waals surface area contributed by atoms with E-state index < -0.39 is 7.12 Å². The van der Waals surface area contributed by atoms with Crippen LogP contribution in [0.25, 0.3) is 0 Å². The van der Waals surface area contributed by atoms with Gasteiger partial charge in [-0.1, -0.05) is 35.4 Å². The summed E-state index contributed by atoms with van der Waals surface area (Å²) in [5.41, 5.74) is 8.12. The van der Waals surface area contributed by atoms with Gasteiger partial charge in [-0.3, -0.25) is 0 Å². The SMILES string of the molecule is Cc1cc(C)c(P(S)c2c(C)cc(C)cc2C)c(C)c1. The van der Waals surface area contributed by atoms with Gasteiger partial charge in [-0.25, -0.2) is 0 Å². The maximum Gasteiger partial charge on any atom is 0.0130 e. The van der Waals surface area contributed by atoms with Crippen molar-refractivity contribution in [2.24, 2.45) is 0 Å². The van der Waals surface area contributed by atoms with Crippen molar-refractivity contribution < 1.29 is 0 Å². The summed E-state index contributed by atoms with van der Waals surface area (Å²) in [4.78, 5) is 0. The summed E-state index contributed by atoms with van der Waals surface area (Å²) < 4.78 is 0. The van der Waals surface area contributed by atoms with E-state index in [4.69, 9.17) is 12.2 Å². The molecule has 2 aromatic rings. The predicted molar refractivity (Wildman–Crippen MR) is 96.5 cm³/mol. The molecule has 0 fully saturated rings. The van der Waals surface area contributed by atoms with Crippen LogP contribution in [0, 0.1) is 41.5 Å². The number of hydrogen-bond acceptors (Lipinski definition) is 1. The predicted octanol–water partition coefficient (Wildman–Crippen LogP) is 4.81. The molecule has 0 aromatic heterocycles. The van der Waals surface area contributed by atoms with Crippen LogP contribution in [0.5, 0.6) is 0 Å². The smallest absolute Gasteiger partial charge is 0.0130 e. The van der Waals surface area contributed by atoms with E-state index >= 15 is 0 Å². The van der Waals surface area contributed by atoms with E-state index in [1.807, 2.05) is 0 Å². The molecule has 0 aliphatic rings. The van der Waals surface area contributed by atoms with Crippen LogP contribution in [0.3, 0.4) is 0 Å². The average Bonchev–Trinajstić information content (AvgIpc) is 2.25. The zero-order chi connectivity index (χ0) is 15.0. The van der Waals surface area contributed by atoms with Gasteiger partial charge in [-0.05, 0) is 74.4 Å². The second-order valence-corrected chi connectivity index (χ2v) is 8.52. The quantitative estimate of drug-likeness (QED) is 0.597. The van der Waals surface area contributed by atoms with E-state index in [1.54, 1.807) is 0 Å². The van der Waals surface area contributed by atoms with Crippen LogP contribution in [0.2, 0.25) is 0 Å². The molecule has 0 atom stereocenters. The van der Waals surface area contributed by atoms with Crippen LogP contribution < -0.4 is 10.6 Å². The minimum atomic E-state index is -0.584. The van der Waals surface area contributed by atoms with Gasteiger partial charge < -0.3 is 0 Å². The topological polar surface area (TPSA) is 0 Å². The number of benzene rings is 2. The van der Waals surface area contributed by atoms with Crippen molar-refractivity contribution >= 4 is 30.0 Å². The summed E-state index contributed by atoms with van der Waals surface area (Å²) in [6.07, 6.45) is 0. The largest absolute Gasteiger partial charge is 0.141 e. The van der Waals surface area contributed by atoms with Gasteiger partial charge in [-0.15, -0.1) is 12.2 Å². The highest BCUT2D eigenvalue weighted by Gasteiger charge is 2.18. The summed E-state index contributed by atoms with van der Waals surface area (Å²) in [7, 11) is -0.584. The maximum atomic E-state index is 5.02. The van der Waals surface area contributed by atoms with E-state index in [-0.39, 0.29) is 0 Å². The molecule has 0 saturated heterocycles. The van der Waals surface area contributed by atoms with Gasteiger partial charge in [0.15, 0.2) is 0 Å². The Labute approximate surface area is 129 Å². The molecule has 2 rings (SSSR count). The third kappa shape index (κ3) is 2.95. The molecular weight excluding hydrogens is 279 g/mol. The normalized spacial score (nSPS) is 11.2. The van der Waals surface area contributed by atoms with Gasteiger partial charge in [0.25, 0.3) is 0 Å². The van der Waals surface area contributed by atoms with Crippen molar-refractivity contribution in [1.29, 1.82) is 0 Å². The number of rotatable bonds is 2. The first-order chi connectivity index (χ1) is 9.31. The molecule has 0 radical (unpaired) electrons. The van der Waals surface area contributed by atoms with Crippen LogP contribution in [0.4, 0.5) is 0 Å². The third-order valence-electron chi connectivity index (χ3n) is 3.69. The van der Waals surface area contributed by atoms with E-state index in [2.05, 4.69) is 65.8 Å². The van der Waals surface area contributed by atoms with Crippen LogP contribution in [-0.4, -0.2) is 0 Å². The Morgan fingerprint density at radius 2 is 0.850 bits per heavy atom. The van der Waals surface area contributed by atoms with Gasteiger partial charge in [-0.2, -0.15) is 0 Å². The first-order valence-corrected chi connectivity index (χ1v) is 9.45. The monoisotopic (exact) mass is 302 g/mol. The summed E-state index contributed by atoms with van der Waals surface area (Å²) in [5.74, 6) is 0. The molecule has 0 aliphatic heterocycles. The van der Waals surface area contributed by atoms with Crippen molar-refractivity contribution in [1.82, 2.24) is 0 Å². The zero-order valence-electron chi connectivity index (χ0n) is 13.2. The van der Waals surface area contributed by atoms with Crippen LogP contribution in [0.15, 0.2) is 24.3 Å². The highest BCUT2D eigenvalue weighted by molar-refractivity contribution is 8.50. The van der Waals surface area contributed by atoms with Crippen molar-refractivity contribution in [2.75, 3.05) is 0 Å². The zero-order valence-corrected chi connectivity index (χ0v) is 15.0. The van der Waals surface area contributed by atoms with Crippen LogP contribution >= 0.6 is 19.4 Å². The van der Waals surface area contributed by atoms with Crippen molar-refractivity contribution in [3.63, 3.8) is 0 Å². The fourth-order valence-corrected chi connectivity index (χ4v) is 6.84. The van der Waals surface area contributed by atoms with E-state index in [9.17, 15) is 0 Å². The molecule has 106 valence electrons. The number of hydrogen-bond donors (Lipinski definition) is 1. The Kier molecular flexibility index (Phi) is 4.62. The lowest BCUT2D eigenvalue weighted by Gasteiger charge is -2.22. The molecule has 0 aliphatic carbocycles. The highest BCUT2D eigenvalue weighted by Crippen LogP contribution is 2.42. The van der Waals surface area contributed by atoms with Gasteiger partial charge in [0.1, 0.15) is 0 Å². The summed E-state index contributed by atoms with van der Waals surface area (Å²) in [5, 5.41) is 2.84. The second kappa shape index (κ2) is 5.92. The molecule has 0 unspecified atom stereocenters. The Balaban J connectivity index is 2.61. The van der Waals surface area contributed by atoms with Gasteiger partial charge in [0.2, 0.25) is 0 Å². The lowest BCUT2D eigenvalue weighted by Crippen LogP contribution is -2.19. The summed E-state index contributed by atoms with van der Waals surface area (Å²) >= 11 is 5.02. The van der Waals surface area contributed by atoms with Gasteiger partial charge in [0.05, 0.1) is 0 Å². The minimum absolute atomic E-state index is 0.584. The van der Waals surface area contributed by atoms with Gasteiger partial charge >= 0.3 is 0 Å². The van der Waals surface area contributed by atoms with Crippen molar-refractivity contribution in [3.05, 3.63) is 57.6 Å². The maximum absolute atomic E-state index is 5.02. The molecule has 0 amide bonds. The third-order valence-corrected chi connectivity index (χ3v) is 7.15. The van der Waals surface area contributed by atoms with E-state index in [0.29, 0.717) is 0 Å². The Morgan fingerprint density at radius 1 is 0.600 bits per heavy atom. The number of aryl methyl sites for hydroxylation is 6. The standard InChI is InChI=1S/C18H23PS/c1-11-7-13(3)17(14(4)8-11)19(20)18-15(5)9-12(2)10-16(18)6/h7-10,20H,1-6H3. The fourth-order valence-electron chi connectivity index (χ4n) is 3.12. The summed E-state index contributed by atoms with van der Waals surface area (Å²) in [6, 6.07) is 9.08. The molecule has 0 spiro atoms. The molecule has 0 bridgehead atoms. The molecule has 20 heavy (non-hydrogen) atoms. The number of thiol groups is 1. The van der Waals surface area contributed by atoms with Crippen LogP contribution in [0.1, 0.15) is 33.4 Å². The van der Waals surface area contributed by atoms with E-state index in [0.717, 1.165) is 0 Å². The highest BCUT2D eigenvalue weighted by atomic mass is 32.7. The first-order valence-electron chi connectivity index (χ1n) is 6.96. The van der Waals surface area contributed by atoms with Crippen LogP contribution in [-0.2, 0) is 0 Å². The summed E-state index contributed by atoms with van der Waals surface area (Å²) in [6.45, 7) is 13.2. The lowest BCUT2D eigenvalue weighted by molar-refractivity contribution is 1.35. The van der Waals surface area contributed by atoms with Crippen molar-refractivity contribution in [2.45, 2.75) is 41.5 Å². The molecule has 2 heteroatoms. The molecule has 0 saturated carbocycles. The van der Waals surface area contributed by atoms with Gasteiger partial charge in [0, 0.05) is 7.12 Å². The Hall–Kier alpha value is -0.780. The van der Waals surface area contributed by atoms with E-state index in [1.165, 1.54) is 44.0 Å². The fraction of sp³-hybridized carbons (Fsp3) is 0.333. The molecule has 0 heterocycles. The first kappa shape index (κ1) is 15.6.